The molecule has 0 aliphatic carbocycles. The van der Waals surface area contributed by atoms with Crippen LogP contribution < -0.4 is 10.1 Å². The Morgan fingerprint density at radius 2 is 2.12 bits per heavy atom. The monoisotopic (exact) mass is 255 g/mol. The van der Waals surface area contributed by atoms with Gasteiger partial charge < -0.3 is 10.1 Å². The minimum absolute atomic E-state index is 0.226. The van der Waals surface area contributed by atoms with E-state index in [1.54, 1.807) is 13.4 Å². The zero-order valence-electron chi connectivity index (χ0n) is 10.9. The second-order valence-electron chi connectivity index (χ2n) is 4.31. The lowest BCUT2D eigenvalue weighted by Crippen LogP contribution is -2.33. The topological polar surface area (TPSA) is 38.3 Å². The van der Waals surface area contributed by atoms with Crippen molar-refractivity contribution in [2.75, 3.05) is 19.1 Å². The van der Waals surface area contributed by atoms with Crippen molar-refractivity contribution >= 4 is 10.8 Å². The minimum Gasteiger partial charge on any atom is -0.497 e. The van der Waals surface area contributed by atoms with Crippen LogP contribution in [0.1, 0.15) is 25.5 Å². The predicted octanol–water partition coefficient (Wildman–Crippen LogP) is 2.11. The second kappa shape index (κ2) is 6.77. The smallest absolute Gasteiger partial charge is 0.119 e. The molecule has 0 bridgehead atoms. The Bertz CT molecular complexity index is 381. The summed E-state index contributed by atoms with van der Waals surface area (Å²) in [6.45, 7) is 4.15. The number of hydrogen-bond acceptors (Lipinski definition) is 3. The molecule has 3 atom stereocenters. The first-order chi connectivity index (χ1) is 8.02. The summed E-state index contributed by atoms with van der Waals surface area (Å²) < 4.78 is 16.3. The fourth-order valence-electron chi connectivity index (χ4n) is 1.83. The molecule has 96 valence electrons. The molecule has 0 aromatic heterocycles. The molecule has 4 heteroatoms. The van der Waals surface area contributed by atoms with Crippen LogP contribution >= 0.6 is 0 Å². The Labute approximate surface area is 106 Å². The molecule has 0 saturated carbocycles. The van der Waals surface area contributed by atoms with Crippen LogP contribution in [0.15, 0.2) is 24.3 Å². The maximum absolute atomic E-state index is 11.1. The van der Waals surface area contributed by atoms with Crippen LogP contribution in [0.5, 0.6) is 5.75 Å². The molecule has 1 aromatic rings. The van der Waals surface area contributed by atoms with Crippen LogP contribution in [-0.2, 0) is 10.8 Å². The zero-order chi connectivity index (χ0) is 12.8. The molecule has 1 aromatic carbocycles. The van der Waals surface area contributed by atoms with Gasteiger partial charge in [0.15, 0.2) is 0 Å². The first kappa shape index (κ1) is 14.2. The first-order valence-corrected chi connectivity index (χ1v) is 7.45. The van der Waals surface area contributed by atoms with Gasteiger partial charge in [-0.2, -0.15) is 0 Å². The van der Waals surface area contributed by atoms with Crippen molar-refractivity contribution in [1.82, 2.24) is 5.32 Å². The lowest BCUT2D eigenvalue weighted by Gasteiger charge is -2.20. The van der Waals surface area contributed by atoms with E-state index in [0.29, 0.717) is 5.75 Å². The molecule has 17 heavy (non-hydrogen) atoms. The van der Waals surface area contributed by atoms with E-state index in [1.807, 2.05) is 18.2 Å². The summed E-state index contributed by atoms with van der Waals surface area (Å²) in [5.74, 6) is 1.54. The van der Waals surface area contributed by atoms with Gasteiger partial charge in [0.2, 0.25) is 0 Å². The molecular formula is C13H21NO2S. The maximum Gasteiger partial charge on any atom is 0.119 e. The summed E-state index contributed by atoms with van der Waals surface area (Å²) in [5, 5.41) is 3.43. The van der Waals surface area contributed by atoms with E-state index in [0.717, 1.165) is 5.75 Å². The van der Waals surface area contributed by atoms with Crippen molar-refractivity contribution in [3.63, 3.8) is 0 Å². The van der Waals surface area contributed by atoms with Crippen molar-refractivity contribution in [2.45, 2.75) is 25.9 Å². The Balaban J connectivity index is 2.62. The number of hydrogen-bond donors (Lipinski definition) is 1. The standard InChI is InChI=1S/C13H21NO2S/c1-10(9-17(4)15)14-11(2)12-6-5-7-13(8-12)16-3/h5-8,10-11,14H,9H2,1-4H3. The number of rotatable bonds is 6. The van der Waals surface area contributed by atoms with Crippen LogP contribution in [0.25, 0.3) is 0 Å². The van der Waals surface area contributed by atoms with Gasteiger partial charge in [0, 0.05) is 34.9 Å². The highest BCUT2D eigenvalue weighted by molar-refractivity contribution is 7.84. The van der Waals surface area contributed by atoms with Crippen molar-refractivity contribution in [2.24, 2.45) is 0 Å². The summed E-state index contributed by atoms with van der Waals surface area (Å²) >= 11 is 0. The molecule has 3 unspecified atom stereocenters. The number of nitrogens with one attached hydrogen (secondary N) is 1. The number of ether oxygens (including phenoxy) is 1. The molecule has 0 aliphatic heterocycles. The number of benzene rings is 1. The summed E-state index contributed by atoms with van der Waals surface area (Å²) in [6.07, 6.45) is 1.73. The normalized spacial score (nSPS) is 16.2. The van der Waals surface area contributed by atoms with Gasteiger partial charge in [0.25, 0.3) is 0 Å². The molecule has 0 amide bonds. The van der Waals surface area contributed by atoms with E-state index in [1.165, 1.54) is 5.56 Å². The molecule has 0 heterocycles. The van der Waals surface area contributed by atoms with Gasteiger partial charge >= 0.3 is 0 Å². The van der Waals surface area contributed by atoms with E-state index in [2.05, 4.69) is 25.2 Å². The fraction of sp³-hybridized carbons (Fsp3) is 0.538. The fourth-order valence-corrected chi connectivity index (χ4v) is 2.63. The third kappa shape index (κ3) is 4.88. The lowest BCUT2D eigenvalue weighted by atomic mass is 10.1. The summed E-state index contributed by atoms with van der Waals surface area (Å²) in [4.78, 5) is 0. The van der Waals surface area contributed by atoms with E-state index < -0.39 is 10.8 Å². The lowest BCUT2D eigenvalue weighted by molar-refractivity contribution is 0.412. The molecule has 0 fully saturated rings. The zero-order valence-corrected chi connectivity index (χ0v) is 11.7. The maximum atomic E-state index is 11.1. The van der Waals surface area contributed by atoms with Gasteiger partial charge in [-0.05, 0) is 31.5 Å². The molecule has 0 saturated heterocycles. The van der Waals surface area contributed by atoms with Gasteiger partial charge in [-0.15, -0.1) is 0 Å². The van der Waals surface area contributed by atoms with Crippen LogP contribution in [0.4, 0.5) is 0 Å². The van der Waals surface area contributed by atoms with Crippen LogP contribution in [0.2, 0.25) is 0 Å². The van der Waals surface area contributed by atoms with Crippen LogP contribution in [0.3, 0.4) is 0 Å². The Hall–Kier alpha value is -0.870. The summed E-state index contributed by atoms with van der Waals surface area (Å²) in [6, 6.07) is 8.46. The summed E-state index contributed by atoms with van der Waals surface area (Å²) in [7, 11) is 0.905. The molecule has 0 radical (unpaired) electrons. The van der Waals surface area contributed by atoms with Gasteiger partial charge in [-0.25, -0.2) is 0 Å². The van der Waals surface area contributed by atoms with E-state index >= 15 is 0 Å². The Morgan fingerprint density at radius 3 is 2.71 bits per heavy atom. The quantitative estimate of drug-likeness (QED) is 0.846. The third-order valence-corrected chi connectivity index (χ3v) is 3.58. The van der Waals surface area contributed by atoms with Gasteiger partial charge in [0.1, 0.15) is 5.75 Å². The van der Waals surface area contributed by atoms with Crippen molar-refractivity contribution < 1.29 is 8.95 Å². The third-order valence-electron chi connectivity index (χ3n) is 2.61. The Kier molecular flexibility index (Phi) is 5.65. The van der Waals surface area contributed by atoms with Crippen molar-refractivity contribution in [3.05, 3.63) is 29.8 Å². The highest BCUT2D eigenvalue weighted by Gasteiger charge is 2.11. The molecule has 1 N–H and O–H groups in total. The second-order valence-corrected chi connectivity index (χ2v) is 5.79. The van der Waals surface area contributed by atoms with E-state index in [4.69, 9.17) is 4.74 Å². The van der Waals surface area contributed by atoms with E-state index in [-0.39, 0.29) is 12.1 Å². The van der Waals surface area contributed by atoms with Gasteiger partial charge in [-0.1, -0.05) is 12.1 Å². The van der Waals surface area contributed by atoms with Crippen LogP contribution in [-0.4, -0.2) is 29.4 Å². The molecule has 3 nitrogen and oxygen atoms in total. The average Bonchev–Trinajstić information content (AvgIpc) is 2.27. The Morgan fingerprint density at radius 1 is 1.41 bits per heavy atom. The highest BCUT2D eigenvalue weighted by Crippen LogP contribution is 2.19. The SMILES string of the molecule is COc1cccc(C(C)NC(C)CS(C)=O)c1. The molecule has 0 aliphatic rings. The van der Waals surface area contributed by atoms with Gasteiger partial charge in [-0.3, -0.25) is 4.21 Å². The highest BCUT2D eigenvalue weighted by atomic mass is 32.2. The molecule has 0 spiro atoms. The summed E-state index contributed by atoms with van der Waals surface area (Å²) in [5.41, 5.74) is 1.18. The predicted molar refractivity (Wildman–Crippen MR) is 72.9 cm³/mol. The minimum atomic E-state index is -0.762. The molecule has 1 rings (SSSR count). The van der Waals surface area contributed by atoms with Gasteiger partial charge in [0.05, 0.1) is 7.11 Å². The first-order valence-electron chi connectivity index (χ1n) is 5.73. The average molecular weight is 255 g/mol. The largest absolute Gasteiger partial charge is 0.497 e. The van der Waals surface area contributed by atoms with Crippen LogP contribution in [0, 0.1) is 0 Å². The van der Waals surface area contributed by atoms with Crippen molar-refractivity contribution in [3.8, 4) is 5.75 Å². The van der Waals surface area contributed by atoms with Crippen molar-refractivity contribution in [1.29, 1.82) is 0 Å². The molecular weight excluding hydrogens is 234 g/mol. The number of methoxy groups -OCH3 is 1. The van der Waals surface area contributed by atoms with E-state index in [9.17, 15) is 4.21 Å².